The summed E-state index contributed by atoms with van der Waals surface area (Å²) in [6.45, 7) is 0.530. The summed E-state index contributed by atoms with van der Waals surface area (Å²) < 4.78 is 51.9. The molecule has 0 saturated carbocycles. The third-order valence-corrected chi connectivity index (χ3v) is 4.57. The van der Waals surface area contributed by atoms with Gasteiger partial charge in [0, 0.05) is 20.1 Å². The van der Waals surface area contributed by atoms with Crippen LogP contribution in [0.25, 0.3) is 0 Å². The standard InChI is InChI=1S/C18H21F3N4O3/c1-27-7-6-22-17(26)13-10-23-25-15(18(19,20)21)9-14(24-16(13)25)11-4-3-5-12(8-11)28-2/h3-5,8,10,14-15,24H,6-7,9H2,1-2H3,(H,22,26)/t14-,15+/m1/s1. The van der Waals surface area contributed by atoms with Crippen molar-refractivity contribution in [2.45, 2.75) is 24.7 Å². The number of fused-ring (bicyclic) bond motifs is 1. The Kier molecular flexibility index (Phi) is 5.78. The maximum Gasteiger partial charge on any atom is 0.410 e. The van der Waals surface area contributed by atoms with Crippen LogP contribution in [0, 0.1) is 0 Å². The van der Waals surface area contributed by atoms with Gasteiger partial charge in [-0.05, 0) is 17.7 Å². The molecule has 2 N–H and O–H groups in total. The third-order valence-electron chi connectivity index (χ3n) is 4.57. The quantitative estimate of drug-likeness (QED) is 0.732. The van der Waals surface area contributed by atoms with Gasteiger partial charge >= 0.3 is 6.18 Å². The van der Waals surface area contributed by atoms with Gasteiger partial charge < -0.3 is 20.1 Å². The van der Waals surface area contributed by atoms with Crippen molar-refractivity contribution in [3.63, 3.8) is 0 Å². The van der Waals surface area contributed by atoms with Crippen LogP contribution in [-0.4, -0.2) is 49.2 Å². The van der Waals surface area contributed by atoms with Gasteiger partial charge in [0.2, 0.25) is 0 Å². The number of alkyl halides is 3. The second-order valence-corrected chi connectivity index (χ2v) is 6.37. The normalized spacial score (nSPS) is 18.9. The molecule has 10 heteroatoms. The van der Waals surface area contributed by atoms with Crippen LogP contribution in [0.4, 0.5) is 19.0 Å². The zero-order chi connectivity index (χ0) is 20.3. The molecule has 2 atom stereocenters. The highest BCUT2D eigenvalue weighted by atomic mass is 19.4. The van der Waals surface area contributed by atoms with Crippen molar-refractivity contribution in [1.29, 1.82) is 0 Å². The van der Waals surface area contributed by atoms with Gasteiger partial charge in [-0.3, -0.25) is 4.79 Å². The molecule has 0 aliphatic carbocycles. The number of aromatic nitrogens is 2. The first-order valence-corrected chi connectivity index (χ1v) is 8.67. The van der Waals surface area contributed by atoms with Crippen LogP contribution in [0.5, 0.6) is 5.75 Å². The summed E-state index contributed by atoms with van der Waals surface area (Å²) in [6.07, 6.45) is -3.61. The van der Waals surface area contributed by atoms with Crippen LogP contribution in [0.3, 0.4) is 0 Å². The lowest BCUT2D eigenvalue weighted by atomic mass is 9.96. The Balaban J connectivity index is 1.95. The Morgan fingerprint density at radius 3 is 2.86 bits per heavy atom. The van der Waals surface area contributed by atoms with Crippen molar-refractivity contribution in [2.75, 3.05) is 32.7 Å². The van der Waals surface area contributed by atoms with Crippen LogP contribution in [0.15, 0.2) is 30.5 Å². The third kappa shape index (κ3) is 4.06. The van der Waals surface area contributed by atoms with Gasteiger partial charge in [0.25, 0.3) is 5.91 Å². The van der Waals surface area contributed by atoms with E-state index in [9.17, 15) is 18.0 Å². The number of benzene rings is 1. The minimum atomic E-state index is -4.51. The molecule has 0 bridgehead atoms. The first-order chi connectivity index (χ1) is 13.3. The van der Waals surface area contributed by atoms with E-state index in [-0.39, 0.29) is 24.3 Å². The molecule has 0 saturated heterocycles. The van der Waals surface area contributed by atoms with E-state index in [2.05, 4.69) is 15.7 Å². The van der Waals surface area contributed by atoms with E-state index >= 15 is 0 Å². The van der Waals surface area contributed by atoms with Crippen molar-refractivity contribution >= 4 is 11.7 Å². The maximum atomic E-state index is 13.7. The van der Waals surface area contributed by atoms with Crippen molar-refractivity contribution in [2.24, 2.45) is 0 Å². The van der Waals surface area contributed by atoms with Crippen LogP contribution >= 0.6 is 0 Å². The van der Waals surface area contributed by atoms with E-state index in [0.717, 1.165) is 10.9 Å². The van der Waals surface area contributed by atoms with Gasteiger partial charge in [0.05, 0.1) is 26.0 Å². The van der Waals surface area contributed by atoms with Gasteiger partial charge in [-0.25, -0.2) is 4.68 Å². The maximum absolute atomic E-state index is 13.7. The number of nitrogens with one attached hydrogen (secondary N) is 2. The molecule has 7 nitrogen and oxygen atoms in total. The molecule has 1 amide bonds. The zero-order valence-corrected chi connectivity index (χ0v) is 15.4. The van der Waals surface area contributed by atoms with Crippen LogP contribution in [0.2, 0.25) is 0 Å². The minimum Gasteiger partial charge on any atom is -0.497 e. The fraction of sp³-hybridized carbons (Fsp3) is 0.444. The van der Waals surface area contributed by atoms with E-state index in [1.165, 1.54) is 14.2 Å². The van der Waals surface area contributed by atoms with Crippen molar-refractivity contribution in [3.8, 4) is 5.75 Å². The molecule has 0 unspecified atom stereocenters. The number of amides is 1. The molecule has 2 heterocycles. The molecule has 1 aliphatic heterocycles. The molecule has 0 fully saturated rings. The first kappa shape index (κ1) is 20.0. The summed E-state index contributed by atoms with van der Waals surface area (Å²) >= 11 is 0. The lowest BCUT2D eigenvalue weighted by molar-refractivity contribution is -0.173. The summed E-state index contributed by atoms with van der Waals surface area (Å²) in [4.78, 5) is 12.4. The summed E-state index contributed by atoms with van der Waals surface area (Å²) in [7, 11) is 2.98. The first-order valence-electron chi connectivity index (χ1n) is 8.67. The molecule has 152 valence electrons. The number of nitrogens with zero attached hydrogens (tertiary/aromatic N) is 2. The van der Waals surface area contributed by atoms with E-state index in [1.807, 2.05) is 0 Å². The number of ether oxygens (including phenoxy) is 2. The highest BCUT2D eigenvalue weighted by molar-refractivity contribution is 5.98. The Labute approximate surface area is 159 Å². The van der Waals surface area contributed by atoms with E-state index < -0.39 is 24.2 Å². The predicted octanol–water partition coefficient (Wildman–Crippen LogP) is 2.93. The summed E-state index contributed by atoms with van der Waals surface area (Å²) in [6, 6.07) is 4.32. The van der Waals surface area contributed by atoms with Crippen molar-refractivity contribution < 1.29 is 27.4 Å². The number of rotatable bonds is 6. The van der Waals surface area contributed by atoms with Crippen molar-refractivity contribution in [1.82, 2.24) is 15.1 Å². The largest absolute Gasteiger partial charge is 0.497 e. The Hall–Kier alpha value is -2.75. The highest BCUT2D eigenvalue weighted by Gasteiger charge is 2.47. The molecular weight excluding hydrogens is 377 g/mol. The number of hydrogen-bond acceptors (Lipinski definition) is 5. The molecule has 1 aromatic carbocycles. The molecule has 28 heavy (non-hydrogen) atoms. The lowest BCUT2D eigenvalue weighted by Crippen LogP contribution is -2.36. The number of carbonyl (C=O) groups excluding carboxylic acids is 1. The zero-order valence-electron chi connectivity index (χ0n) is 15.4. The van der Waals surface area contributed by atoms with Gasteiger partial charge in [-0.2, -0.15) is 18.3 Å². The van der Waals surface area contributed by atoms with Crippen LogP contribution in [-0.2, 0) is 4.74 Å². The number of methoxy groups -OCH3 is 2. The number of carbonyl (C=O) groups is 1. The number of halogens is 3. The van der Waals surface area contributed by atoms with Crippen LogP contribution in [0.1, 0.15) is 34.4 Å². The fourth-order valence-corrected chi connectivity index (χ4v) is 3.17. The molecule has 3 rings (SSSR count). The monoisotopic (exact) mass is 398 g/mol. The molecule has 1 aliphatic rings. The molecule has 2 aromatic rings. The van der Waals surface area contributed by atoms with E-state index in [0.29, 0.717) is 17.9 Å². The summed E-state index contributed by atoms with van der Waals surface area (Å²) in [5, 5.41) is 9.48. The minimum absolute atomic E-state index is 0.0383. The molecule has 0 spiro atoms. The average Bonchev–Trinajstić information content (AvgIpc) is 3.10. The Bertz CT molecular complexity index is 838. The molecule has 0 radical (unpaired) electrons. The average molecular weight is 398 g/mol. The van der Waals surface area contributed by atoms with Gasteiger partial charge in [0.15, 0.2) is 6.04 Å². The fourth-order valence-electron chi connectivity index (χ4n) is 3.17. The predicted molar refractivity (Wildman–Crippen MR) is 95.5 cm³/mol. The lowest BCUT2D eigenvalue weighted by Gasteiger charge is -2.34. The topological polar surface area (TPSA) is 77.4 Å². The number of hydrogen-bond donors (Lipinski definition) is 2. The summed E-state index contributed by atoms with van der Waals surface area (Å²) in [5.41, 5.74) is 0.685. The Morgan fingerprint density at radius 2 is 2.18 bits per heavy atom. The smallest absolute Gasteiger partial charge is 0.410 e. The van der Waals surface area contributed by atoms with Gasteiger partial charge in [0.1, 0.15) is 17.1 Å². The van der Waals surface area contributed by atoms with E-state index in [1.54, 1.807) is 24.3 Å². The summed E-state index contributed by atoms with van der Waals surface area (Å²) in [5.74, 6) is 0.0637. The second kappa shape index (κ2) is 8.09. The van der Waals surface area contributed by atoms with E-state index in [4.69, 9.17) is 9.47 Å². The molecule has 1 aromatic heterocycles. The Morgan fingerprint density at radius 1 is 1.39 bits per heavy atom. The van der Waals surface area contributed by atoms with Crippen molar-refractivity contribution in [3.05, 3.63) is 41.6 Å². The highest BCUT2D eigenvalue weighted by Crippen LogP contribution is 2.44. The molecular formula is C18H21F3N4O3. The number of anilines is 1. The second-order valence-electron chi connectivity index (χ2n) is 6.37. The van der Waals surface area contributed by atoms with Gasteiger partial charge in [-0.1, -0.05) is 12.1 Å². The van der Waals surface area contributed by atoms with Crippen LogP contribution < -0.4 is 15.4 Å². The van der Waals surface area contributed by atoms with Gasteiger partial charge in [-0.15, -0.1) is 0 Å². The SMILES string of the molecule is COCCNC(=O)c1cnn2c1N[C@@H](c1cccc(OC)c1)C[C@H]2C(F)(F)F.